The Kier molecular flexibility index (Phi) is 12.5. The van der Waals surface area contributed by atoms with Crippen LogP contribution in [-0.2, 0) is 0 Å². The van der Waals surface area contributed by atoms with Gasteiger partial charge in [-0.1, -0.05) is 73.4 Å². The van der Waals surface area contributed by atoms with Crippen LogP contribution in [0.3, 0.4) is 0 Å². The van der Waals surface area contributed by atoms with Crippen LogP contribution in [0.4, 0.5) is 0 Å². The number of hydrogen-bond acceptors (Lipinski definition) is 3. The first kappa shape index (κ1) is 28.8. The van der Waals surface area contributed by atoms with Crippen LogP contribution >= 0.6 is 0 Å². The summed E-state index contributed by atoms with van der Waals surface area (Å²) in [6, 6.07) is 6.39. The van der Waals surface area contributed by atoms with E-state index in [0.29, 0.717) is 0 Å². The molecule has 0 radical (unpaired) electrons. The van der Waals surface area contributed by atoms with Gasteiger partial charge in [-0.15, -0.1) is 5.10 Å². The molecule has 0 aromatic heterocycles. The first-order valence-electron chi connectivity index (χ1n) is 12.9. The van der Waals surface area contributed by atoms with Gasteiger partial charge in [0.1, 0.15) is 0 Å². The largest absolute Gasteiger partial charge is 0.299 e. The molecule has 1 heterocycles. The van der Waals surface area contributed by atoms with Gasteiger partial charge in [-0.25, -0.2) is 0 Å². The molecule has 1 aliphatic rings. The van der Waals surface area contributed by atoms with Crippen LogP contribution in [0.25, 0.3) is 18.2 Å². The summed E-state index contributed by atoms with van der Waals surface area (Å²) in [5.74, 6) is 2.56. The quantitative estimate of drug-likeness (QED) is 0.191. The summed E-state index contributed by atoms with van der Waals surface area (Å²) in [6.45, 7) is 23.7. The Balaban J connectivity index is 2.40. The van der Waals surface area contributed by atoms with Crippen molar-refractivity contribution in [2.24, 2.45) is 5.10 Å². The molecule has 0 fully saturated rings. The van der Waals surface area contributed by atoms with Crippen molar-refractivity contribution in [1.29, 1.82) is 0 Å². The maximum atomic E-state index is 4.30. The van der Waals surface area contributed by atoms with E-state index in [9.17, 15) is 0 Å². The van der Waals surface area contributed by atoms with Crippen LogP contribution in [0.5, 0.6) is 0 Å². The van der Waals surface area contributed by atoms with Crippen LogP contribution < -0.4 is 15.9 Å². The third kappa shape index (κ3) is 9.70. The molecular weight excluding hydrogens is 438 g/mol. The normalized spacial score (nSPS) is 17.3. The second-order valence-electron chi connectivity index (χ2n) is 9.46. The number of nitrogens with zero attached hydrogens (tertiary/aromatic N) is 2. The summed E-state index contributed by atoms with van der Waals surface area (Å²) in [5, 5.41) is 6.19. The van der Waals surface area contributed by atoms with Crippen LogP contribution in [-0.4, -0.2) is 30.4 Å². The van der Waals surface area contributed by atoms with Crippen molar-refractivity contribution < 1.29 is 0 Å². The Morgan fingerprint density at radius 1 is 1.14 bits per heavy atom. The van der Waals surface area contributed by atoms with Gasteiger partial charge in [-0.3, -0.25) is 10.3 Å². The summed E-state index contributed by atoms with van der Waals surface area (Å²) in [5.41, 5.74) is 9.43. The maximum Gasteiger partial charge on any atom is 0.0670 e. The van der Waals surface area contributed by atoms with E-state index in [4.69, 9.17) is 0 Å². The highest BCUT2D eigenvalue weighted by Crippen LogP contribution is 2.21. The number of benzene rings is 1. The number of nitrogens with one attached hydrogen (secondary N) is 1. The molecule has 0 amide bonds. The molecule has 36 heavy (non-hydrogen) atoms. The minimum absolute atomic E-state index is 0.837. The molecule has 0 saturated carbocycles. The molecule has 0 spiro atoms. The zero-order valence-corrected chi connectivity index (χ0v) is 22.7. The van der Waals surface area contributed by atoms with Crippen molar-refractivity contribution in [3.8, 4) is 0 Å². The molecule has 0 aliphatic carbocycles. The van der Waals surface area contributed by atoms with Gasteiger partial charge in [0.05, 0.1) is 5.70 Å². The Morgan fingerprint density at radius 2 is 1.83 bits per heavy atom. The highest BCUT2D eigenvalue weighted by Gasteiger charge is 2.09. The van der Waals surface area contributed by atoms with Crippen molar-refractivity contribution in [1.82, 2.24) is 10.3 Å². The first-order valence-corrected chi connectivity index (χ1v) is 12.9. The lowest BCUT2D eigenvalue weighted by Crippen LogP contribution is -2.29. The van der Waals surface area contributed by atoms with Crippen LogP contribution in [0.1, 0.15) is 58.9 Å². The zero-order valence-electron chi connectivity index (χ0n) is 22.7. The first-order chi connectivity index (χ1) is 17.3. The molecule has 1 N–H and O–H groups in total. The van der Waals surface area contributed by atoms with Crippen molar-refractivity contribution >= 4 is 24.1 Å². The molecule has 3 nitrogen and oxygen atoms in total. The predicted octanol–water partition coefficient (Wildman–Crippen LogP) is 6.43. The lowest BCUT2D eigenvalue weighted by molar-refractivity contribution is 0.294. The minimum Gasteiger partial charge on any atom is -0.299 e. The lowest BCUT2D eigenvalue weighted by Gasteiger charge is -2.22. The molecule has 1 aromatic rings. The second-order valence-corrected chi connectivity index (χ2v) is 9.46. The molecule has 0 saturated heterocycles. The summed E-state index contributed by atoms with van der Waals surface area (Å²) < 4.78 is 0. The number of hydrogen-bond donors (Lipinski definition) is 1. The Bertz CT molecular complexity index is 1200. The van der Waals surface area contributed by atoms with Gasteiger partial charge in [0.2, 0.25) is 0 Å². The van der Waals surface area contributed by atoms with Crippen LogP contribution in [0, 0.1) is 0 Å². The van der Waals surface area contributed by atoms with E-state index in [0.717, 1.165) is 52.5 Å². The fraction of sp³-hybridized carbons (Fsp3) is 0.333. The fourth-order valence-electron chi connectivity index (χ4n) is 4.09. The van der Waals surface area contributed by atoms with E-state index in [2.05, 4.69) is 117 Å². The maximum absolute atomic E-state index is 4.30. The molecular formula is C33H43N3. The monoisotopic (exact) mass is 481 g/mol. The number of rotatable bonds is 9. The van der Waals surface area contributed by atoms with E-state index < -0.39 is 0 Å². The van der Waals surface area contributed by atoms with Crippen LogP contribution in [0.15, 0.2) is 95.3 Å². The second kappa shape index (κ2) is 15.6. The molecule has 2 rings (SSSR count). The zero-order chi connectivity index (χ0) is 26.3. The number of hydrazone groups is 1. The highest BCUT2D eigenvalue weighted by atomic mass is 15.3. The topological polar surface area (TPSA) is 27.6 Å². The Morgan fingerprint density at radius 3 is 2.44 bits per heavy atom. The average Bonchev–Trinajstić information content (AvgIpc) is 2.98. The third-order valence-corrected chi connectivity index (χ3v) is 6.22. The van der Waals surface area contributed by atoms with Crippen molar-refractivity contribution in [3.05, 3.63) is 106 Å². The Labute approximate surface area is 218 Å². The minimum atomic E-state index is 0.837. The number of allylic oxidation sites excluding steroid dienone is 8. The third-order valence-electron chi connectivity index (χ3n) is 6.22. The van der Waals surface area contributed by atoms with Crippen molar-refractivity contribution in [2.75, 3.05) is 19.6 Å². The summed E-state index contributed by atoms with van der Waals surface area (Å²) in [6.07, 6.45) is 20.0. The summed E-state index contributed by atoms with van der Waals surface area (Å²) in [4.78, 5) is 2.58. The van der Waals surface area contributed by atoms with Gasteiger partial charge < -0.3 is 0 Å². The average molecular weight is 482 g/mol. The molecule has 0 atom stereocenters. The molecule has 190 valence electrons. The Hall–Kier alpha value is -3.39. The fourth-order valence-corrected chi connectivity index (χ4v) is 4.09. The SMILES string of the molecule is C=C=NN/C(C(=C)/C=C\C=C(C)C)=C(\C)c1ccc(=C)/c(=C\C(=C/C)CN2CCC/C=C/CCC2)c1. The lowest BCUT2D eigenvalue weighted by atomic mass is 9.99. The van der Waals surface area contributed by atoms with E-state index in [1.54, 1.807) is 0 Å². The van der Waals surface area contributed by atoms with Gasteiger partial charge in [0.25, 0.3) is 0 Å². The molecule has 1 aromatic carbocycles. The van der Waals surface area contributed by atoms with Crippen LogP contribution in [0.2, 0.25) is 0 Å². The van der Waals surface area contributed by atoms with Gasteiger partial charge in [0.15, 0.2) is 0 Å². The molecule has 3 heteroatoms. The highest BCUT2D eigenvalue weighted by molar-refractivity contribution is 5.72. The van der Waals surface area contributed by atoms with Crippen molar-refractivity contribution in [2.45, 2.75) is 53.4 Å². The predicted molar refractivity (Wildman–Crippen MR) is 160 cm³/mol. The van der Waals surface area contributed by atoms with Gasteiger partial charge in [-0.05, 0) is 112 Å². The van der Waals surface area contributed by atoms with E-state index >= 15 is 0 Å². The van der Waals surface area contributed by atoms with Gasteiger partial charge in [0, 0.05) is 12.4 Å². The van der Waals surface area contributed by atoms with E-state index in [-0.39, 0.29) is 0 Å². The smallest absolute Gasteiger partial charge is 0.0670 e. The summed E-state index contributed by atoms with van der Waals surface area (Å²) in [7, 11) is 0. The van der Waals surface area contributed by atoms with E-state index in [1.165, 1.54) is 36.8 Å². The van der Waals surface area contributed by atoms with Gasteiger partial charge >= 0.3 is 0 Å². The molecule has 0 unspecified atom stereocenters. The summed E-state index contributed by atoms with van der Waals surface area (Å²) >= 11 is 0. The van der Waals surface area contributed by atoms with E-state index in [1.807, 2.05) is 12.2 Å². The van der Waals surface area contributed by atoms with Gasteiger partial charge in [-0.2, -0.15) is 0 Å². The molecule has 0 bridgehead atoms. The van der Waals surface area contributed by atoms with Crippen molar-refractivity contribution in [3.63, 3.8) is 0 Å². The molecule has 1 aliphatic heterocycles. The standard InChI is InChI=1S/C33H43N3/c1-8-30(25-36-21-14-12-10-11-13-15-22-36)23-32-24-31(20-19-27(32)5)29(7)33(35-34-9-2)28(6)18-16-17-26(3)4/h8,10-11,16-20,23-24,35H,2,5-6,12-15,21-22,25H2,1,3-4,7H3/b11-10+,18-16-,30-8+,32-23-,33-29+.